The number of fused-ring (bicyclic) bond motifs is 1. The molecule has 1 aromatic carbocycles. The standard InChI is InChI=1S/C15H23NO3/c1-11(17)4-6-16-7-5-12-8-14(18-2)15(19-3)9-13(12)10-16/h8-9,11,17H,4-7,10H2,1-3H3. The molecule has 4 nitrogen and oxygen atoms in total. The van der Waals surface area contributed by atoms with Crippen LogP contribution < -0.4 is 9.47 Å². The van der Waals surface area contributed by atoms with E-state index in [1.165, 1.54) is 11.1 Å². The number of methoxy groups -OCH3 is 2. The first-order valence-corrected chi connectivity index (χ1v) is 6.78. The second-order valence-corrected chi connectivity index (χ2v) is 5.14. The van der Waals surface area contributed by atoms with Crippen LogP contribution in [0.1, 0.15) is 24.5 Å². The van der Waals surface area contributed by atoms with Crippen LogP contribution in [-0.4, -0.2) is 43.4 Å². The van der Waals surface area contributed by atoms with Crippen LogP contribution in [-0.2, 0) is 13.0 Å². The highest BCUT2D eigenvalue weighted by molar-refractivity contribution is 5.48. The van der Waals surface area contributed by atoms with E-state index in [1.54, 1.807) is 14.2 Å². The van der Waals surface area contributed by atoms with Crippen LogP contribution in [0.15, 0.2) is 12.1 Å². The van der Waals surface area contributed by atoms with E-state index in [0.717, 1.165) is 44.0 Å². The van der Waals surface area contributed by atoms with Gasteiger partial charge in [-0.1, -0.05) is 0 Å². The topological polar surface area (TPSA) is 41.9 Å². The molecule has 1 unspecified atom stereocenters. The second-order valence-electron chi connectivity index (χ2n) is 5.14. The lowest BCUT2D eigenvalue weighted by Gasteiger charge is -2.29. The zero-order valence-electron chi connectivity index (χ0n) is 12.0. The first-order valence-electron chi connectivity index (χ1n) is 6.78. The molecule has 0 aromatic heterocycles. The lowest BCUT2D eigenvalue weighted by atomic mass is 9.98. The predicted octanol–water partition coefficient (Wildman–Crippen LogP) is 1.83. The fraction of sp³-hybridized carbons (Fsp3) is 0.600. The van der Waals surface area contributed by atoms with Crippen molar-refractivity contribution in [1.29, 1.82) is 0 Å². The minimum absolute atomic E-state index is 0.230. The maximum Gasteiger partial charge on any atom is 0.161 e. The molecule has 106 valence electrons. The SMILES string of the molecule is COc1cc2c(cc1OC)CN(CCC(C)O)CC2. The molecule has 4 heteroatoms. The number of rotatable bonds is 5. The van der Waals surface area contributed by atoms with Gasteiger partial charge in [-0.05, 0) is 43.0 Å². The molecular weight excluding hydrogens is 242 g/mol. The van der Waals surface area contributed by atoms with Crippen LogP contribution in [0.3, 0.4) is 0 Å². The van der Waals surface area contributed by atoms with Crippen molar-refractivity contribution in [2.75, 3.05) is 27.3 Å². The van der Waals surface area contributed by atoms with Gasteiger partial charge in [0.15, 0.2) is 11.5 Å². The predicted molar refractivity (Wildman–Crippen MR) is 74.8 cm³/mol. The Bertz CT molecular complexity index is 432. The van der Waals surface area contributed by atoms with Gasteiger partial charge in [-0.3, -0.25) is 4.90 Å². The van der Waals surface area contributed by atoms with Crippen LogP contribution >= 0.6 is 0 Å². The molecule has 1 heterocycles. The number of hydrogen-bond acceptors (Lipinski definition) is 4. The summed E-state index contributed by atoms with van der Waals surface area (Å²) in [5.74, 6) is 1.59. The van der Waals surface area contributed by atoms with Gasteiger partial charge in [0.2, 0.25) is 0 Å². The van der Waals surface area contributed by atoms with Gasteiger partial charge in [-0.25, -0.2) is 0 Å². The van der Waals surface area contributed by atoms with Gasteiger partial charge < -0.3 is 14.6 Å². The van der Waals surface area contributed by atoms with E-state index in [-0.39, 0.29) is 6.10 Å². The number of aliphatic hydroxyl groups excluding tert-OH is 1. The van der Waals surface area contributed by atoms with Crippen LogP contribution in [0.2, 0.25) is 0 Å². The lowest BCUT2D eigenvalue weighted by Crippen LogP contribution is -2.32. The minimum Gasteiger partial charge on any atom is -0.493 e. The summed E-state index contributed by atoms with van der Waals surface area (Å²) < 4.78 is 10.7. The van der Waals surface area contributed by atoms with Crippen LogP contribution in [0.4, 0.5) is 0 Å². The van der Waals surface area contributed by atoms with Gasteiger partial charge in [0, 0.05) is 19.6 Å². The fourth-order valence-electron chi connectivity index (χ4n) is 2.50. The van der Waals surface area contributed by atoms with Crippen molar-refractivity contribution >= 4 is 0 Å². The summed E-state index contributed by atoms with van der Waals surface area (Å²) in [7, 11) is 3.33. The van der Waals surface area contributed by atoms with Crippen LogP contribution in [0.25, 0.3) is 0 Å². The van der Waals surface area contributed by atoms with E-state index < -0.39 is 0 Å². The van der Waals surface area contributed by atoms with Gasteiger partial charge in [0.1, 0.15) is 0 Å². The number of ether oxygens (including phenoxy) is 2. The Balaban J connectivity index is 2.11. The van der Waals surface area contributed by atoms with E-state index in [4.69, 9.17) is 9.47 Å². The molecule has 19 heavy (non-hydrogen) atoms. The first kappa shape index (κ1) is 14.2. The zero-order valence-corrected chi connectivity index (χ0v) is 12.0. The van der Waals surface area contributed by atoms with E-state index in [9.17, 15) is 5.11 Å². The molecule has 0 aliphatic carbocycles. The van der Waals surface area contributed by atoms with E-state index in [0.29, 0.717) is 0 Å². The third-order valence-electron chi connectivity index (χ3n) is 3.66. The van der Waals surface area contributed by atoms with Gasteiger partial charge in [-0.15, -0.1) is 0 Å². The zero-order chi connectivity index (χ0) is 13.8. The summed E-state index contributed by atoms with van der Waals surface area (Å²) >= 11 is 0. The first-order chi connectivity index (χ1) is 9.13. The van der Waals surface area contributed by atoms with Crippen molar-refractivity contribution in [3.8, 4) is 11.5 Å². The third kappa shape index (κ3) is 3.39. The minimum atomic E-state index is -0.230. The molecular formula is C15H23NO3. The van der Waals surface area contributed by atoms with Gasteiger partial charge >= 0.3 is 0 Å². The Morgan fingerprint density at radius 1 is 1.21 bits per heavy atom. The van der Waals surface area contributed by atoms with Crippen LogP contribution in [0.5, 0.6) is 11.5 Å². The van der Waals surface area contributed by atoms with Gasteiger partial charge in [-0.2, -0.15) is 0 Å². The molecule has 0 saturated carbocycles. The Kier molecular flexibility index (Phi) is 4.66. The highest BCUT2D eigenvalue weighted by Gasteiger charge is 2.19. The second kappa shape index (κ2) is 6.26. The number of nitrogens with zero attached hydrogens (tertiary/aromatic N) is 1. The summed E-state index contributed by atoms with van der Waals surface area (Å²) in [4.78, 5) is 2.38. The molecule has 1 aliphatic rings. The average Bonchev–Trinajstić information content (AvgIpc) is 2.43. The monoisotopic (exact) mass is 265 g/mol. The fourth-order valence-corrected chi connectivity index (χ4v) is 2.50. The summed E-state index contributed by atoms with van der Waals surface area (Å²) in [6.07, 6.45) is 1.62. The molecule has 0 saturated heterocycles. The molecule has 1 aliphatic heterocycles. The normalized spacial score (nSPS) is 16.8. The molecule has 0 fully saturated rings. The molecule has 1 aromatic rings. The van der Waals surface area contributed by atoms with Crippen molar-refractivity contribution in [2.45, 2.75) is 32.4 Å². The van der Waals surface area contributed by atoms with Crippen molar-refractivity contribution in [3.05, 3.63) is 23.3 Å². The highest BCUT2D eigenvalue weighted by atomic mass is 16.5. The quantitative estimate of drug-likeness (QED) is 0.882. The molecule has 0 radical (unpaired) electrons. The Morgan fingerprint density at radius 2 is 1.84 bits per heavy atom. The molecule has 0 spiro atoms. The molecule has 1 atom stereocenters. The summed E-state index contributed by atoms with van der Waals surface area (Å²) in [6.45, 7) is 4.73. The largest absolute Gasteiger partial charge is 0.493 e. The number of hydrogen-bond donors (Lipinski definition) is 1. The van der Waals surface area contributed by atoms with Gasteiger partial charge in [0.05, 0.1) is 20.3 Å². The van der Waals surface area contributed by atoms with Crippen molar-refractivity contribution in [3.63, 3.8) is 0 Å². The van der Waals surface area contributed by atoms with Crippen LogP contribution in [0, 0.1) is 0 Å². The summed E-state index contributed by atoms with van der Waals surface area (Å²) in [5.41, 5.74) is 2.64. The Hall–Kier alpha value is -1.26. The van der Waals surface area contributed by atoms with Crippen molar-refractivity contribution in [2.24, 2.45) is 0 Å². The Labute approximate surface area is 114 Å². The lowest BCUT2D eigenvalue weighted by molar-refractivity contribution is 0.151. The van der Waals surface area contributed by atoms with Gasteiger partial charge in [0.25, 0.3) is 0 Å². The summed E-state index contributed by atoms with van der Waals surface area (Å²) in [5, 5.41) is 9.37. The maximum absolute atomic E-state index is 9.37. The maximum atomic E-state index is 9.37. The molecule has 0 bridgehead atoms. The Morgan fingerprint density at radius 3 is 2.42 bits per heavy atom. The molecule has 1 N–H and O–H groups in total. The smallest absolute Gasteiger partial charge is 0.161 e. The average molecular weight is 265 g/mol. The summed E-state index contributed by atoms with van der Waals surface area (Å²) in [6, 6.07) is 4.16. The highest BCUT2D eigenvalue weighted by Crippen LogP contribution is 2.33. The number of aliphatic hydroxyl groups is 1. The molecule has 0 amide bonds. The number of benzene rings is 1. The van der Waals surface area contributed by atoms with Crippen molar-refractivity contribution < 1.29 is 14.6 Å². The molecule has 2 rings (SSSR count). The van der Waals surface area contributed by atoms with E-state index >= 15 is 0 Å². The third-order valence-corrected chi connectivity index (χ3v) is 3.66. The van der Waals surface area contributed by atoms with Crippen molar-refractivity contribution in [1.82, 2.24) is 4.90 Å². The van der Waals surface area contributed by atoms with E-state index in [1.807, 2.05) is 6.92 Å². The van der Waals surface area contributed by atoms with E-state index in [2.05, 4.69) is 17.0 Å².